The molecule has 0 aromatic heterocycles. The van der Waals surface area contributed by atoms with Crippen LogP contribution < -0.4 is 5.32 Å². The van der Waals surface area contributed by atoms with Gasteiger partial charge in [-0.2, -0.15) is 0 Å². The molecule has 2 aromatic rings. The van der Waals surface area contributed by atoms with E-state index in [1.165, 1.54) is 7.11 Å². The number of nitrogens with zero attached hydrogens (tertiary/aromatic N) is 1. The minimum atomic E-state index is -0.346. The van der Waals surface area contributed by atoms with Crippen LogP contribution in [-0.4, -0.2) is 36.5 Å². The second-order valence-electron chi connectivity index (χ2n) is 6.34. The summed E-state index contributed by atoms with van der Waals surface area (Å²) in [7, 11) is 1.36. The molecule has 1 saturated heterocycles. The van der Waals surface area contributed by atoms with Gasteiger partial charge in [0.1, 0.15) is 0 Å². The lowest BCUT2D eigenvalue weighted by Gasteiger charge is -2.18. The predicted molar refractivity (Wildman–Crippen MR) is 99.9 cm³/mol. The summed E-state index contributed by atoms with van der Waals surface area (Å²) < 4.78 is 4.69. The van der Waals surface area contributed by atoms with Gasteiger partial charge in [0.2, 0.25) is 5.91 Å². The molecular weight excluding hydrogens is 352 g/mol. The smallest absolute Gasteiger partial charge is 0.337 e. The standard InChI is InChI=1S/C20H21ClN2O3/c1-26-20(25)15-8-6-14(7-9-15)11-22-17-10-19(24)23(13-17)12-16-4-2-3-5-18(16)21/h2-9,17,22H,10-13H2,1H3/t17-/m0/s1. The van der Waals surface area contributed by atoms with Gasteiger partial charge >= 0.3 is 5.97 Å². The molecule has 1 amide bonds. The summed E-state index contributed by atoms with van der Waals surface area (Å²) >= 11 is 6.19. The molecule has 1 fully saturated rings. The zero-order chi connectivity index (χ0) is 18.5. The summed E-state index contributed by atoms with van der Waals surface area (Å²) in [6, 6.07) is 15.0. The van der Waals surface area contributed by atoms with E-state index in [0.29, 0.717) is 36.6 Å². The number of nitrogens with one attached hydrogen (secondary N) is 1. The SMILES string of the molecule is COC(=O)c1ccc(CN[C@H]2CC(=O)N(Cc3ccccc3Cl)C2)cc1. The molecule has 1 N–H and O–H groups in total. The topological polar surface area (TPSA) is 58.6 Å². The van der Waals surface area contributed by atoms with Gasteiger partial charge in [-0.05, 0) is 29.3 Å². The minimum absolute atomic E-state index is 0.102. The summed E-state index contributed by atoms with van der Waals surface area (Å²) in [5.74, 6) is -0.218. The number of hydrogen-bond acceptors (Lipinski definition) is 4. The molecule has 26 heavy (non-hydrogen) atoms. The van der Waals surface area contributed by atoms with Crippen LogP contribution in [0.3, 0.4) is 0 Å². The average Bonchev–Trinajstić information content (AvgIpc) is 3.01. The number of ether oxygens (including phenoxy) is 1. The number of rotatable bonds is 6. The number of likely N-dealkylation sites (tertiary alicyclic amines) is 1. The van der Waals surface area contributed by atoms with E-state index in [2.05, 4.69) is 5.32 Å². The molecule has 0 unspecified atom stereocenters. The first-order valence-corrected chi connectivity index (χ1v) is 8.86. The molecule has 0 saturated carbocycles. The van der Waals surface area contributed by atoms with E-state index in [1.54, 1.807) is 12.1 Å². The lowest BCUT2D eigenvalue weighted by Crippen LogP contribution is -2.32. The lowest BCUT2D eigenvalue weighted by molar-refractivity contribution is -0.128. The first-order chi connectivity index (χ1) is 12.6. The molecule has 136 valence electrons. The largest absolute Gasteiger partial charge is 0.465 e. The van der Waals surface area contributed by atoms with E-state index < -0.39 is 0 Å². The number of carbonyl (C=O) groups is 2. The van der Waals surface area contributed by atoms with Crippen molar-refractivity contribution < 1.29 is 14.3 Å². The third-order valence-corrected chi connectivity index (χ3v) is 4.87. The molecule has 1 aliphatic heterocycles. The van der Waals surface area contributed by atoms with Crippen molar-refractivity contribution >= 4 is 23.5 Å². The molecule has 0 radical (unpaired) electrons. The molecule has 0 spiro atoms. The maximum absolute atomic E-state index is 12.3. The maximum Gasteiger partial charge on any atom is 0.337 e. The number of esters is 1. The third-order valence-electron chi connectivity index (χ3n) is 4.50. The Balaban J connectivity index is 1.53. The van der Waals surface area contributed by atoms with Gasteiger partial charge in [-0.25, -0.2) is 4.79 Å². The summed E-state index contributed by atoms with van der Waals surface area (Å²) in [6.45, 7) is 1.83. The van der Waals surface area contributed by atoms with Gasteiger partial charge in [-0.3, -0.25) is 4.79 Å². The van der Waals surface area contributed by atoms with Crippen LogP contribution in [0.2, 0.25) is 5.02 Å². The van der Waals surface area contributed by atoms with E-state index in [-0.39, 0.29) is 17.9 Å². The monoisotopic (exact) mass is 372 g/mol. The van der Waals surface area contributed by atoms with Crippen LogP contribution in [0, 0.1) is 0 Å². The van der Waals surface area contributed by atoms with Crippen molar-refractivity contribution in [3.05, 3.63) is 70.2 Å². The molecule has 0 aliphatic carbocycles. The Morgan fingerprint density at radius 2 is 1.96 bits per heavy atom. The van der Waals surface area contributed by atoms with Crippen LogP contribution in [0.5, 0.6) is 0 Å². The number of halogens is 1. The van der Waals surface area contributed by atoms with E-state index in [1.807, 2.05) is 41.3 Å². The van der Waals surface area contributed by atoms with Gasteiger partial charge in [-0.1, -0.05) is 41.9 Å². The van der Waals surface area contributed by atoms with Crippen molar-refractivity contribution in [2.45, 2.75) is 25.6 Å². The van der Waals surface area contributed by atoms with E-state index >= 15 is 0 Å². The van der Waals surface area contributed by atoms with E-state index in [9.17, 15) is 9.59 Å². The molecule has 5 nitrogen and oxygen atoms in total. The Morgan fingerprint density at radius 3 is 2.65 bits per heavy atom. The summed E-state index contributed by atoms with van der Waals surface area (Å²) in [5.41, 5.74) is 2.54. The number of methoxy groups -OCH3 is 1. The number of carbonyl (C=O) groups excluding carboxylic acids is 2. The Hall–Kier alpha value is -2.37. The van der Waals surface area contributed by atoms with Gasteiger partial charge in [0.15, 0.2) is 0 Å². The van der Waals surface area contributed by atoms with Crippen molar-refractivity contribution in [3.63, 3.8) is 0 Å². The quantitative estimate of drug-likeness (QED) is 0.792. The lowest BCUT2D eigenvalue weighted by atomic mass is 10.1. The zero-order valence-corrected chi connectivity index (χ0v) is 15.3. The summed E-state index contributed by atoms with van der Waals surface area (Å²) in [4.78, 5) is 25.5. The van der Waals surface area contributed by atoms with Gasteiger partial charge in [0.05, 0.1) is 12.7 Å². The van der Waals surface area contributed by atoms with E-state index in [0.717, 1.165) is 11.1 Å². The van der Waals surface area contributed by atoms with Gasteiger partial charge in [-0.15, -0.1) is 0 Å². The molecule has 3 rings (SSSR count). The third kappa shape index (κ3) is 4.42. The molecule has 2 aromatic carbocycles. The highest BCUT2D eigenvalue weighted by Crippen LogP contribution is 2.21. The Bertz CT molecular complexity index is 792. The van der Waals surface area contributed by atoms with Crippen LogP contribution in [0.25, 0.3) is 0 Å². The first-order valence-electron chi connectivity index (χ1n) is 8.48. The minimum Gasteiger partial charge on any atom is -0.465 e. The maximum atomic E-state index is 12.3. The van der Waals surface area contributed by atoms with Crippen molar-refractivity contribution in [1.82, 2.24) is 10.2 Å². The molecule has 0 bridgehead atoms. The van der Waals surface area contributed by atoms with Gasteiger partial charge in [0.25, 0.3) is 0 Å². The highest BCUT2D eigenvalue weighted by molar-refractivity contribution is 6.31. The second-order valence-corrected chi connectivity index (χ2v) is 6.74. The summed E-state index contributed by atoms with van der Waals surface area (Å²) in [5, 5.41) is 4.09. The fourth-order valence-corrected chi connectivity index (χ4v) is 3.23. The molecule has 1 atom stereocenters. The van der Waals surface area contributed by atoms with Crippen molar-refractivity contribution in [1.29, 1.82) is 0 Å². The van der Waals surface area contributed by atoms with Crippen molar-refractivity contribution in [2.24, 2.45) is 0 Å². The fourth-order valence-electron chi connectivity index (χ4n) is 3.03. The van der Waals surface area contributed by atoms with Crippen LogP contribution in [-0.2, 0) is 22.6 Å². The van der Waals surface area contributed by atoms with Crippen molar-refractivity contribution in [2.75, 3.05) is 13.7 Å². The second kappa shape index (κ2) is 8.34. The fraction of sp³-hybridized carbons (Fsp3) is 0.300. The Labute approximate surface area is 157 Å². The van der Waals surface area contributed by atoms with Crippen LogP contribution in [0.1, 0.15) is 27.9 Å². The average molecular weight is 373 g/mol. The number of amides is 1. The predicted octanol–water partition coefficient (Wildman–Crippen LogP) is 3.02. The van der Waals surface area contributed by atoms with Crippen molar-refractivity contribution in [3.8, 4) is 0 Å². The molecule has 1 heterocycles. The molecule has 1 aliphatic rings. The number of hydrogen-bond donors (Lipinski definition) is 1. The van der Waals surface area contributed by atoms with E-state index in [4.69, 9.17) is 16.3 Å². The summed E-state index contributed by atoms with van der Waals surface area (Å²) in [6.07, 6.45) is 0.477. The first kappa shape index (κ1) is 18.4. The Kier molecular flexibility index (Phi) is 5.91. The Morgan fingerprint density at radius 1 is 1.23 bits per heavy atom. The zero-order valence-electron chi connectivity index (χ0n) is 14.6. The molecular formula is C20H21ClN2O3. The molecule has 6 heteroatoms. The highest BCUT2D eigenvalue weighted by atomic mass is 35.5. The van der Waals surface area contributed by atoms with Gasteiger partial charge in [0, 0.05) is 37.1 Å². The normalized spacial score (nSPS) is 16.8. The van der Waals surface area contributed by atoms with Crippen LogP contribution in [0.4, 0.5) is 0 Å². The number of benzene rings is 2. The highest BCUT2D eigenvalue weighted by Gasteiger charge is 2.29. The van der Waals surface area contributed by atoms with Gasteiger partial charge < -0.3 is 15.0 Å². The van der Waals surface area contributed by atoms with Crippen LogP contribution >= 0.6 is 11.6 Å². The van der Waals surface area contributed by atoms with Crippen LogP contribution in [0.15, 0.2) is 48.5 Å².